The summed E-state index contributed by atoms with van der Waals surface area (Å²) in [6, 6.07) is 1.87. The van der Waals surface area contributed by atoms with E-state index in [-0.39, 0.29) is 5.97 Å². The number of hydrogen-bond donors (Lipinski definition) is 0. The second-order valence-electron chi connectivity index (χ2n) is 5.23. The van der Waals surface area contributed by atoms with E-state index in [4.69, 9.17) is 4.74 Å². The third-order valence-corrected chi connectivity index (χ3v) is 3.34. The minimum absolute atomic E-state index is 0.263. The van der Waals surface area contributed by atoms with Gasteiger partial charge in [-0.1, -0.05) is 13.3 Å². The van der Waals surface area contributed by atoms with E-state index in [1.54, 1.807) is 6.20 Å². The molecular formula is C14H20N2O2. The van der Waals surface area contributed by atoms with E-state index in [2.05, 4.69) is 11.9 Å². The molecule has 98 valence electrons. The number of esters is 1. The Bertz CT molecular complexity index is 469. The molecule has 0 amide bonds. The van der Waals surface area contributed by atoms with Gasteiger partial charge in [-0.25, -0.2) is 9.78 Å². The molecular weight excluding hydrogens is 228 g/mol. The lowest BCUT2D eigenvalue weighted by atomic mass is 9.97. The maximum atomic E-state index is 12.0. The van der Waals surface area contributed by atoms with Gasteiger partial charge >= 0.3 is 5.97 Å². The van der Waals surface area contributed by atoms with Gasteiger partial charge < -0.3 is 9.64 Å². The number of nitrogens with zero attached hydrogens (tertiary/aromatic N) is 2. The maximum absolute atomic E-state index is 12.0. The fourth-order valence-corrected chi connectivity index (χ4v) is 2.28. The minimum Gasteiger partial charge on any atom is -0.451 e. The molecule has 1 aromatic rings. The topological polar surface area (TPSA) is 42.4 Å². The summed E-state index contributed by atoms with van der Waals surface area (Å²) in [6.07, 6.45) is 3.95. The van der Waals surface area contributed by atoms with Gasteiger partial charge in [0.2, 0.25) is 0 Å². The molecule has 1 aliphatic heterocycles. The third-order valence-electron chi connectivity index (χ3n) is 3.34. The Labute approximate surface area is 108 Å². The number of ether oxygens (including phenoxy) is 1. The van der Waals surface area contributed by atoms with Crippen LogP contribution in [0.2, 0.25) is 0 Å². The lowest BCUT2D eigenvalue weighted by Crippen LogP contribution is -2.22. The van der Waals surface area contributed by atoms with Crippen molar-refractivity contribution >= 4 is 11.8 Å². The van der Waals surface area contributed by atoms with Crippen molar-refractivity contribution in [3.05, 3.63) is 23.4 Å². The molecule has 0 saturated heterocycles. The number of aromatic nitrogens is 1. The summed E-state index contributed by atoms with van der Waals surface area (Å²) in [5, 5.41) is 0. The molecule has 2 heterocycles. The molecule has 2 rings (SSSR count). The molecule has 0 radical (unpaired) electrons. The van der Waals surface area contributed by atoms with Gasteiger partial charge in [0.15, 0.2) is 0 Å². The van der Waals surface area contributed by atoms with Crippen LogP contribution in [0.4, 0.5) is 5.82 Å². The second-order valence-corrected chi connectivity index (χ2v) is 5.23. The van der Waals surface area contributed by atoms with Gasteiger partial charge in [-0.05, 0) is 26.3 Å². The molecule has 1 aliphatic rings. The van der Waals surface area contributed by atoms with Crippen LogP contribution in [0.25, 0.3) is 0 Å². The number of cyclic esters (lactones) is 1. The molecule has 0 atom stereocenters. The molecule has 0 spiro atoms. The number of carbonyl (C=O) groups is 1. The standard InChI is InChI=1S/C14H20N2O2/c1-5-6-9-16(4)12-11-10(7-8-15-12)14(2,3)18-13(11)17/h7-8H,5-6,9H2,1-4H3. The van der Waals surface area contributed by atoms with Crippen LogP contribution < -0.4 is 4.90 Å². The van der Waals surface area contributed by atoms with Crippen LogP contribution in [0.15, 0.2) is 12.3 Å². The summed E-state index contributed by atoms with van der Waals surface area (Å²) in [6.45, 7) is 6.86. The molecule has 18 heavy (non-hydrogen) atoms. The highest BCUT2D eigenvalue weighted by atomic mass is 16.6. The predicted octanol–water partition coefficient (Wildman–Crippen LogP) is 2.72. The number of rotatable bonds is 4. The predicted molar refractivity (Wildman–Crippen MR) is 70.9 cm³/mol. The van der Waals surface area contributed by atoms with Crippen molar-refractivity contribution in [3.63, 3.8) is 0 Å². The van der Waals surface area contributed by atoms with Crippen LogP contribution in [-0.4, -0.2) is 24.5 Å². The third kappa shape index (κ3) is 2.07. The summed E-state index contributed by atoms with van der Waals surface area (Å²) in [5.41, 5.74) is 1.01. The maximum Gasteiger partial charge on any atom is 0.343 e. The minimum atomic E-state index is -0.546. The Balaban J connectivity index is 2.40. The van der Waals surface area contributed by atoms with E-state index in [0.29, 0.717) is 5.56 Å². The molecule has 0 bridgehead atoms. The number of unbranched alkanes of at least 4 members (excludes halogenated alkanes) is 1. The van der Waals surface area contributed by atoms with Crippen LogP contribution in [0.1, 0.15) is 49.5 Å². The largest absolute Gasteiger partial charge is 0.451 e. The van der Waals surface area contributed by atoms with Crippen molar-refractivity contribution in [3.8, 4) is 0 Å². The number of carbonyl (C=O) groups excluding carboxylic acids is 1. The fourth-order valence-electron chi connectivity index (χ4n) is 2.28. The zero-order valence-corrected chi connectivity index (χ0v) is 11.5. The number of anilines is 1. The molecule has 0 N–H and O–H groups in total. The van der Waals surface area contributed by atoms with Gasteiger partial charge in [0.1, 0.15) is 17.0 Å². The molecule has 1 aromatic heterocycles. The van der Waals surface area contributed by atoms with E-state index in [0.717, 1.165) is 30.8 Å². The molecule has 0 saturated carbocycles. The van der Waals surface area contributed by atoms with Crippen molar-refractivity contribution < 1.29 is 9.53 Å². The van der Waals surface area contributed by atoms with Crippen LogP contribution in [-0.2, 0) is 10.3 Å². The smallest absolute Gasteiger partial charge is 0.343 e. The molecule has 0 aromatic carbocycles. The Morgan fingerprint density at radius 1 is 1.44 bits per heavy atom. The second kappa shape index (κ2) is 4.59. The Morgan fingerprint density at radius 3 is 2.83 bits per heavy atom. The van der Waals surface area contributed by atoms with Crippen LogP contribution in [0.3, 0.4) is 0 Å². The normalized spacial score (nSPS) is 16.3. The number of fused-ring (bicyclic) bond motifs is 1. The van der Waals surface area contributed by atoms with Gasteiger partial charge in [-0.15, -0.1) is 0 Å². The highest BCUT2D eigenvalue weighted by Crippen LogP contribution is 2.39. The Hall–Kier alpha value is -1.58. The SMILES string of the molecule is CCCCN(C)c1nccc2c1C(=O)OC2(C)C. The van der Waals surface area contributed by atoms with Crippen LogP contribution in [0, 0.1) is 0 Å². The zero-order chi connectivity index (χ0) is 13.3. The molecule has 4 nitrogen and oxygen atoms in total. The van der Waals surface area contributed by atoms with E-state index in [1.807, 2.05) is 31.9 Å². The Kier molecular flexibility index (Phi) is 3.28. The van der Waals surface area contributed by atoms with Crippen molar-refractivity contribution in [1.29, 1.82) is 0 Å². The highest BCUT2D eigenvalue weighted by molar-refractivity contribution is 5.99. The fraction of sp³-hybridized carbons (Fsp3) is 0.571. The van der Waals surface area contributed by atoms with Crippen molar-refractivity contribution in [2.45, 2.75) is 39.2 Å². The summed E-state index contributed by atoms with van der Waals surface area (Å²) in [4.78, 5) is 18.4. The first-order chi connectivity index (χ1) is 8.47. The first-order valence-electron chi connectivity index (χ1n) is 6.41. The highest BCUT2D eigenvalue weighted by Gasteiger charge is 2.40. The van der Waals surface area contributed by atoms with Gasteiger partial charge in [0.25, 0.3) is 0 Å². The first-order valence-corrected chi connectivity index (χ1v) is 6.41. The lowest BCUT2D eigenvalue weighted by Gasteiger charge is -2.20. The van der Waals surface area contributed by atoms with Gasteiger partial charge in [-0.2, -0.15) is 0 Å². The zero-order valence-electron chi connectivity index (χ0n) is 11.5. The first kappa shape index (κ1) is 12.9. The lowest BCUT2D eigenvalue weighted by molar-refractivity contribution is 0.00957. The summed E-state index contributed by atoms with van der Waals surface area (Å²) >= 11 is 0. The average molecular weight is 248 g/mol. The van der Waals surface area contributed by atoms with E-state index in [1.165, 1.54) is 0 Å². The average Bonchev–Trinajstić information content (AvgIpc) is 2.57. The summed E-state index contributed by atoms with van der Waals surface area (Å²) in [5.74, 6) is 0.470. The quantitative estimate of drug-likeness (QED) is 0.768. The van der Waals surface area contributed by atoms with E-state index >= 15 is 0 Å². The molecule has 0 unspecified atom stereocenters. The van der Waals surface area contributed by atoms with Gasteiger partial charge in [-0.3, -0.25) is 0 Å². The van der Waals surface area contributed by atoms with Crippen molar-refractivity contribution in [1.82, 2.24) is 4.98 Å². The summed E-state index contributed by atoms with van der Waals surface area (Å²) in [7, 11) is 1.97. The number of hydrogen-bond acceptors (Lipinski definition) is 4. The summed E-state index contributed by atoms with van der Waals surface area (Å²) < 4.78 is 5.41. The number of pyridine rings is 1. The van der Waals surface area contributed by atoms with E-state index < -0.39 is 5.60 Å². The van der Waals surface area contributed by atoms with Gasteiger partial charge in [0, 0.05) is 25.4 Å². The molecule has 0 fully saturated rings. The Morgan fingerprint density at radius 2 is 2.17 bits per heavy atom. The van der Waals surface area contributed by atoms with Gasteiger partial charge in [0.05, 0.1) is 0 Å². The monoisotopic (exact) mass is 248 g/mol. The molecule has 4 heteroatoms. The van der Waals surface area contributed by atoms with Crippen LogP contribution >= 0.6 is 0 Å². The van der Waals surface area contributed by atoms with Crippen molar-refractivity contribution in [2.24, 2.45) is 0 Å². The van der Waals surface area contributed by atoms with Crippen molar-refractivity contribution in [2.75, 3.05) is 18.5 Å². The van der Waals surface area contributed by atoms with E-state index in [9.17, 15) is 4.79 Å². The molecule has 0 aliphatic carbocycles. The van der Waals surface area contributed by atoms with Crippen LogP contribution in [0.5, 0.6) is 0 Å².